The Balaban J connectivity index is 1.57. The van der Waals surface area contributed by atoms with E-state index in [2.05, 4.69) is 0 Å². The molecule has 0 aromatic heterocycles. The van der Waals surface area contributed by atoms with Crippen LogP contribution in [0, 0.1) is 11.7 Å². The highest BCUT2D eigenvalue weighted by Gasteiger charge is 2.36. The monoisotopic (exact) mass is 413 g/mol. The van der Waals surface area contributed by atoms with E-state index in [1.807, 2.05) is 0 Å². The molecule has 1 aliphatic rings. The Kier molecular flexibility index (Phi) is 6.56. The van der Waals surface area contributed by atoms with E-state index >= 15 is 0 Å². The molecule has 30 heavy (non-hydrogen) atoms. The van der Waals surface area contributed by atoms with Crippen LogP contribution in [0.25, 0.3) is 0 Å². The van der Waals surface area contributed by atoms with E-state index in [0.717, 1.165) is 12.1 Å². The first-order valence-electron chi connectivity index (χ1n) is 9.42. The molecule has 1 fully saturated rings. The van der Waals surface area contributed by atoms with Crippen LogP contribution in [-0.4, -0.2) is 43.4 Å². The second-order valence-corrected chi connectivity index (χ2v) is 6.71. The van der Waals surface area contributed by atoms with E-state index in [-0.39, 0.29) is 31.0 Å². The number of hydrogen-bond donors (Lipinski definition) is 0. The molecule has 0 bridgehead atoms. The number of esters is 2. The number of hydrogen-bond acceptors (Lipinski definition) is 6. The van der Waals surface area contributed by atoms with Crippen molar-refractivity contribution in [2.24, 2.45) is 5.92 Å². The van der Waals surface area contributed by atoms with Gasteiger partial charge in [0, 0.05) is 24.2 Å². The molecule has 0 aliphatic carbocycles. The van der Waals surface area contributed by atoms with Crippen molar-refractivity contribution in [1.82, 2.24) is 0 Å². The number of rotatable bonds is 7. The highest BCUT2D eigenvalue weighted by molar-refractivity contribution is 6.01. The van der Waals surface area contributed by atoms with Crippen LogP contribution in [-0.2, 0) is 19.1 Å². The van der Waals surface area contributed by atoms with Crippen LogP contribution in [0.3, 0.4) is 0 Å². The van der Waals surface area contributed by atoms with Crippen molar-refractivity contribution in [3.63, 3.8) is 0 Å². The Labute approximate surface area is 172 Å². The molecule has 1 aliphatic heterocycles. The molecule has 2 aromatic carbocycles. The van der Waals surface area contributed by atoms with E-state index in [0.29, 0.717) is 11.3 Å². The van der Waals surface area contributed by atoms with Gasteiger partial charge in [0.05, 0.1) is 18.1 Å². The number of amides is 1. The second-order valence-electron chi connectivity index (χ2n) is 6.71. The zero-order valence-electron chi connectivity index (χ0n) is 16.3. The summed E-state index contributed by atoms with van der Waals surface area (Å²) in [4.78, 5) is 49.8. The molecule has 1 atom stereocenters. The predicted octanol–water partition coefficient (Wildman–Crippen LogP) is 2.78. The molecule has 0 spiro atoms. The summed E-state index contributed by atoms with van der Waals surface area (Å²) < 4.78 is 22.9. The highest BCUT2D eigenvalue weighted by atomic mass is 19.1. The zero-order valence-corrected chi connectivity index (χ0v) is 16.3. The molecule has 8 heteroatoms. The fourth-order valence-electron chi connectivity index (χ4n) is 3.08. The highest BCUT2D eigenvalue weighted by Crippen LogP contribution is 2.26. The number of nitrogens with zero attached hydrogens (tertiary/aromatic N) is 1. The summed E-state index contributed by atoms with van der Waals surface area (Å²) in [5, 5.41) is 0. The van der Waals surface area contributed by atoms with Gasteiger partial charge in [0.15, 0.2) is 12.4 Å². The number of ketones is 1. The lowest BCUT2D eigenvalue weighted by molar-refractivity contribution is -0.147. The molecule has 1 amide bonds. The maximum atomic E-state index is 12.9. The lowest BCUT2D eigenvalue weighted by Gasteiger charge is -2.17. The molecule has 2 aromatic rings. The van der Waals surface area contributed by atoms with Gasteiger partial charge < -0.3 is 14.4 Å². The molecule has 1 heterocycles. The van der Waals surface area contributed by atoms with Gasteiger partial charge in [0.2, 0.25) is 5.91 Å². The number of anilines is 1. The largest absolute Gasteiger partial charge is 0.462 e. The third-order valence-corrected chi connectivity index (χ3v) is 4.66. The van der Waals surface area contributed by atoms with Crippen LogP contribution in [0.5, 0.6) is 0 Å². The number of Topliss-reactive ketones (excluding diaryl/α,β-unsaturated/α-hetero) is 1. The van der Waals surface area contributed by atoms with Gasteiger partial charge in [0.25, 0.3) is 0 Å². The fraction of sp³-hybridized carbons (Fsp3) is 0.273. The molecule has 156 valence electrons. The topological polar surface area (TPSA) is 90.0 Å². The van der Waals surface area contributed by atoms with Crippen molar-refractivity contribution in [3.05, 3.63) is 65.5 Å². The number of halogens is 1. The summed E-state index contributed by atoms with van der Waals surface area (Å²) in [5.74, 6) is -3.00. The first kappa shape index (κ1) is 21.2. The lowest BCUT2D eigenvalue weighted by atomic mass is 10.1. The number of benzene rings is 2. The maximum Gasteiger partial charge on any atom is 0.338 e. The van der Waals surface area contributed by atoms with Crippen LogP contribution in [0.15, 0.2) is 48.5 Å². The van der Waals surface area contributed by atoms with E-state index in [1.54, 1.807) is 31.2 Å². The third-order valence-electron chi connectivity index (χ3n) is 4.66. The summed E-state index contributed by atoms with van der Waals surface area (Å²) in [7, 11) is 0. The number of carbonyl (C=O) groups excluding carboxylic acids is 4. The Bertz CT molecular complexity index is 955. The van der Waals surface area contributed by atoms with Gasteiger partial charge >= 0.3 is 11.9 Å². The number of carbonyl (C=O) groups is 4. The fourth-order valence-corrected chi connectivity index (χ4v) is 3.08. The van der Waals surface area contributed by atoms with E-state index < -0.39 is 36.1 Å². The van der Waals surface area contributed by atoms with E-state index in [9.17, 15) is 23.6 Å². The van der Waals surface area contributed by atoms with Crippen molar-refractivity contribution in [2.45, 2.75) is 13.3 Å². The van der Waals surface area contributed by atoms with Gasteiger partial charge in [-0.05, 0) is 55.5 Å². The molecule has 0 radical (unpaired) electrons. The van der Waals surface area contributed by atoms with Gasteiger partial charge in [-0.2, -0.15) is 0 Å². The van der Waals surface area contributed by atoms with Crippen LogP contribution < -0.4 is 4.90 Å². The average molecular weight is 413 g/mol. The van der Waals surface area contributed by atoms with Crippen LogP contribution in [0.4, 0.5) is 10.1 Å². The summed E-state index contributed by atoms with van der Waals surface area (Å²) in [6.07, 6.45) is -0.0385. The molecule has 1 unspecified atom stereocenters. The average Bonchev–Trinajstić information content (AvgIpc) is 3.14. The smallest absolute Gasteiger partial charge is 0.338 e. The molecular formula is C22H20FNO6. The van der Waals surface area contributed by atoms with Crippen LogP contribution in [0.2, 0.25) is 0 Å². The first-order chi connectivity index (χ1) is 14.4. The molecule has 0 saturated carbocycles. The standard InChI is InChI=1S/C22H20FNO6/c1-2-29-21(27)15-5-9-18(10-6-15)24-12-16(11-20(24)26)22(28)30-13-19(25)14-3-7-17(23)8-4-14/h3-10,16H,2,11-13H2,1H3. The molecule has 7 nitrogen and oxygen atoms in total. The normalized spacial score (nSPS) is 15.7. The van der Waals surface area contributed by atoms with Crippen molar-refractivity contribution < 1.29 is 33.0 Å². The summed E-state index contributed by atoms with van der Waals surface area (Å²) in [6.45, 7) is 1.60. The quantitative estimate of drug-likeness (QED) is 0.512. The van der Waals surface area contributed by atoms with Crippen molar-refractivity contribution in [2.75, 3.05) is 24.7 Å². The van der Waals surface area contributed by atoms with Crippen LogP contribution >= 0.6 is 0 Å². The van der Waals surface area contributed by atoms with Crippen molar-refractivity contribution >= 4 is 29.3 Å². The zero-order chi connectivity index (χ0) is 21.7. The van der Waals surface area contributed by atoms with Gasteiger partial charge in [-0.1, -0.05) is 0 Å². The Morgan fingerprint density at radius 3 is 2.27 bits per heavy atom. The third kappa shape index (κ3) is 4.89. The minimum absolute atomic E-state index is 0.0385. The minimum Gasteiger partial charge on any atom is -0.462 e. The first-order valence-corrected chi connectivity index (χ1v) is 9.42. The van der Waals surface area contributed by atoms with E-state index in [4.69, 9.17) is 9.47 Å². The lowest BCUT2D eigenvalue weighted by Crippen LogP contribution is -2.27. The predicted molar refractivity (Wildman–Crippen MR) is 105 cm³/mol. The minimum atomic E-state index is -0.705. The van der Waals surface area contributed by atoms with Gasteiger partial charge in [-0.15, -0.1) is 0 Å². The van der Waals surface area contributed by atoms with Crippen molar-refractivity contribution in [3.8, 4) is 0 Å². The summed E-state index contributed by atoms with van der Waals surface area (Å²) in [5.41, 5.74) is 1.14. The Hall–Kier alpha value is -3.55. The summed E-state index contributed by atoms with van der Waals surface area (Å²) >= 11 is 0. The molecule has 0 N–H and O–H groups in total. The second kappa shape index (κ2) is 9.30. The number of ether oxygens (including phenoxy) is 2. The van der Waals surface area contributed by atoms with Gasteiger partial charge in [-0.3, -0.25) is 14.4 Å². The molecular weight excluding hydrogens is 393 g/mol. The molecule has 3 rings (SSSR count). The van der Waals surface area contributed by atoms with E-state index in [1.165, 1.54) is 17.0 Å². The van der Waals surface area contributed by atoms with Crippen molar-refractivity contribution in [1.29, 1.82) is 0 Å². The summed E-state index contributed by atoms with van der Waals surface area (Å²) in [6, 6.07) is 11.2. The van der Waals surface area contributed by atoms with Crippen LogP contribution in [0.1, 0.15) is 34.1 Å². The molecule has 1 saturated heterocycles. The Morgan fingerprint density at radius 1 is 1.00 bits per heavy atom. The maximum absolute atomic E-state index is 12.9. The van der Waals surface area contributed by atoms with Gasteiger partial charge in [-0.25, -0.2) is 9.18 Å². The van der Waals surface area contributed by atoms with Gasteiger partial charge in [0.1, 0.15) is 5.82 Å². The Morgan fingerprint density at radius 2 is 1.63 bits per heavy atom. The SMILES string of the molecule is CCOC(=O)c1ccc(N2CC(C(=O)OCC(=O)c3ccc(F)cc3)CC2=O)cc1.